The number of aliphatic hydroxyl groups excluding tert-OH is 1. The van der Waals surface area contributed by atoms with Gasteiger partial charge in [-0.15, -0.1) is 0 Å². The third kappa shape index (κ3) is 2.81. The minimum Gasteiger partial charge on any atom is -0.464 e. The first-order chi connectivity index (χ1) is 7.90. The average molecular weight is 309 g/mol. The van der Waals surface area contributed by atoms with Gasteiger partial charge in [-0.1, -0.05) is 0 Å². The zero-order valence-electron chi connectivity index (χ0n) is 9.26. The second-order valence-electron chi connectivity index (χ2n) is 3.37. The van der Waals surface area contributed by atoms with Crippen LogP contribution in [-0.4, -0.2) is 17.7 Å². The van der Waals surface area contributed by atoms with Crippen molar-refractivity contribution in [2.45, 2.75) is 20.0 Å². The van der Waals surface area contributed by atoms with Crippen LogP contribution in [0, 0.1) is 18.6 Å². The van der Waals surface area contributed by atoms with Crippen molar-refractivity contribution < 1.29 is 23.4 Å². The van der Waals surface area contributed by atoms with Crippen LogP contribution in [0.3, 0.4) is 0 Å². The van der Waals surface area contributed by atoms with Crippen molar-refractivity contribution in [3.8, 4) is 0 Å². The lowest BCUT2D eigenvalue weighted by Crippen LogP contribution is -2.18. The number of hydrogen-bond donors (Lipinski definition) is 1. The maximum absolute atomic E-state index is 13.7. The summed E-state index contributed by atoms with van der Waals surface area (Å²) >= 11 is 2.88. The standard InChI is InChI=1S/C11H11BrF2O3/c1-3-17-11(16)10(15)7-8(13)5(2)4-6(12)9(7)14/h4,10,15H,3H2,1-2H3. The first-order valence-corrected chi connectivity index (χ1v) is 5.68. The Morgan fingerprint density at radius 2 is 2.12 bits per heavy atom. The van der Waals surface area contributed by atoms with Crippen LogP contribution >= 0.6 is 15.9 Å². The second kappa shape index (κ2) is 5.55. The molecule has 1 aromatic rings. The summed E-state index contributed by atoms with van der Waals surface area (Å²) in [6.07, 6.45) is -1.97. The van der Waals surface area contributed by atoms with E-state index in [1.165, 1.54) is 19.9 Å². The summed E-state index contributed by atoms with van der Waals surface area (Å²) in [5.74, 6) is -3.04. The van der Waals surface area contributed by atoms with Crippen LogP contribution < -0.4 is 0 Å². The van der Waals surface area contributed by atoms with Crippen LogP contribution in [0.2, 0.25) is 0 Å². The lowest BCUT2D eigenvalue weighted by Gasteiger charge is -2.14. The molecule has 6 heteroatoms. The van der Waals surface area contributed by atoms with E-state index < -0.39 is 29.3 Å². The maximum Gasteiger partial charge on any atom is 0.339 e. The number of esters is 1. The second-order valence-corrected chi connectivity index (χ2v) is 4.23. The van der Waals surface area contributed by atoms with E-state index in [0.29, 0.717) is 0 Å². The largest absolute Gasteiger partial charge is 0.464 e. The van der Waals surface area contributed by atoms with Gasteiger partial charge < -0.3 is 9.84 Å². The first-order valence-electron chi connectivity index (χ1n) is 4.88. The van der Waals surface area contributed by atoms with Gasteiger partial charge in [-0.05, 0) is 41.4 Å². The minimum absolute atomic E-state index is 0.0188. The Balaban J connectivity index is 3.25. The molecule has 0 aromatic heterocycles. The Bertz CT molecular complexity index is 423. The fourth-order valence-corrected chi connectivity index (χ4v) is 1.89. The third-order valence-corrected chi connectivity index (χ3v) is 2.73. The summed E-state index contributed by atoms with van der Waals surface area (Å²) in [5, 5.41) is 9.56. The van der Waals surface area contributed by atoms with Crippen LogP contribution in [0.4, 0.5) is 8.78 Å². The molecule has 1 atom stereocenters. The van der Waals surface area contributed by atoms with Crippen LogP contribution in [0.25, 0.3) is 0 Å². The molecule has 17 heavy (non-hydrogen) atoms. The van der Waals surface area contributed by atoms with Crippen molar-refractivity contribution in [2.24, 2.45) is 0 Å². The van der Waals surface area contributed by atoms with E-state index >= 15 is 0 Å². The first kappa shape index (κ1) is 14.1. The van der Waals surface area contributed by atoms with Gasteiger partial charge in [0.2, 0.25) is 0 Å². The van der Waals surface area contributed by atoms with E-state index in [0.717, 1.165) is 0 Å². The molecule has 1 rings (SSSR count). The van der Waals surface area contributed by atoms with Crippen molar-refractivity contribution in [1.82, 2.24) is 0 Å². The van der Waals surface area contributed by atoms with Crippen molar-refractivity contribution >= 4 is 21.9 Å². The van der Waals surface area contributed by atoms with E-state index in [2.05, 4.69) is 20.7 Å². The summed E-state index contributed by atoms with van der Waals surface area (Å²) < 4.78 is 31.8. The number of ether oxygens (including phenoxy) is 1. The van der Waals surface area contributed by atoms with E-state index in [9.17, 15) is 18.7 Å². The van der Waals surface area contributed by atoms with Gasteiger partial charge in [0.1, 0.15) is 11.6 Å². The highest BCUT2D eigenvalue weighted by Crippen LogP contribution is 2.29. The number of halogens is 3. The molecule has 0 fully saturated rings. The smallest absolute Gasteiger partial charge is 0.339 e. The number of rotatable bonds is 3. The van der Waals surface area contributed by atoms with E-state index in [-0.39, 0.29) is 16.6 Å². The van der Waals surface area contributed by atoms with Gasteiger partial charge in [0.25, 0.3) is 0 Å². The zero-order chi connectivity index (χ0) is 13.2. The molecular weight excluding hydrogens is 298 g/mol. The normalized spacial score (nSPS) is 12.4. The van der Waals surface area contributed by atoms with Gasteiger partial charge >= 0.3 is 5.97 Å². The molecule has 1 aromatic carbocycles. The minimum atomic E-state index is -1.97. The molecule has 3 nitrogen and oxygen atoms in total. The molecule has 1 N–H and O–H groups in total. The van der Waals surface area contributed by atoms with Crippen LogP contribution in [0.15, 0.2) is 10.5 Å². The maximum atomic E-state index is 13.7. The summed E-state index contributed by atoms with van der Waals surface area (Å²) in [5.41, 5.74) is -0.577. The molecule has 0 radical (unpaired) electrons. The van der Waals surface area contributed by atoms with Gasteiger partial charge in [0.15, 0.2) is 6.10 Å². The average Bonchev–Trinajstić information content (AvgIpc) is 2.27. The lowest BCUT2D eigenvalue weighted by atomic mass is 10.0. The summed E-state index contributed by atoms with van der Waals surface area (Å²) in [7, 11) is 0. The Kier molecular flexibility index (Phi) is 4.59. The van der Waals surface area contributed by atoms with Gasteiger partial charge in [0, 0.05) is 0 Å². The monoisotopic (exact) mass is 308 g/mol. The van der Waals surface area contributed by atoms with Crippen LogP contribution in [0.5, 0.6) is 0 Å². The molecule has 0 heterocycles. The zero-order valence-corrected chi connectivity index (χ0v) is 10.8. The van der Waals surface area contributed by atoms with Gasteiger partial charge in [-0.3, -0.25) is 0 Å². The van der Waals surface area contributed by atoms with Crippen LogP contribution in [0.1, 0.15) is 24.2 Å². The topological polar surface area (TPSA) is 46.5 Å². The molecule has 0 bridgehead atoms. The van der Waals surface area contributed by atoms with E-state index in [4.69, 9.17) is 0 Å². The van der Waals surface area contributed by atoms with Crippen molar-refractivity contribution in [3.05, 3.63) is 33.3 Å². The molecule has 0 aliphatic rings. The molecule has 0 aliphatic carbocycles. The highest BCUT2D eigenvalue weighted by molar-refractivity contribution is 9.10. The summed E-state index contributed by atoms with van der Waals surface area (Å²) in [4.78, 5) is 11.2. The molecule has 0 saturated carbocycles. The molecule has 1 unspecified atom stereocenters. The van der Waals surface area contributed by atoms with Gasteiger partial charge in [0.05, 0.1) is 16.6 Å². The van der Waals surface area contributed by atoms with E-state index in [1.807, 2.05) is 0 Å². The number of aryl methyl sites for hydroxylation is 1. The SMILES string of the molecule is CCOC(=O)C(O)c1c(F)c(C)cc(Br)c1F. The number of hydrogen-bond acceptors (Lipinski definition) is 3. The number of benzene rings is 1. The number of aliphatic hydroxyl groups is 1. The Morgan fingerprint density at radius 3 is 2.65 bits per heavy atom. The molecule has 0 saturated heterocycles. The number of carbonyl (C=O) groups excluding carboxylic acids is 1. The molecule has 0 spiro atoms. The van der Waals surface area contributed by atoms with Gasteiger partial charge in [-0.25, -0.2) is 13.6 Å². The summed E-state index contributed by atoms with van der Waals surface area (Å²) in [6.45, 7) is 2.95. The molecule has 94 valence electrons. The molecular formula is C11H11BrF2O3. The fourth-order valence-electron chi connectivity index (χ4n) is 1.33. The van der Waals surface area contributed by atoms with Crippen molar-refractivity contribution in [2.75, 3.05) is 6.61 Å². The van der Waals surface area contributed by atoms with Crippen LogP contribution in [-0.2, 0) is 9.53 Å². The highest BCUT2D eigenvalue weighted by Gasteiger charge is 2.28. The van der Waals surface area contributed by atoms with Gasteiger partial charge in [-0.2, -0.15) is 0 Å². The lowest BCUT2D eigenvalue weighted by molar-refractivity contribution is -0.153. The quantitative estimate of drug-likeness (QED) is 0.690. The number of carbonyl (C=O) groups is 1. The summed E-state index contributed by atoms with van der Waals surface area (Å²) in [6, 6.07) is 1.23. The Labute approximate surface area is 106 Å². The predicted molar refractivity (Wildman–Crippen MR) is 60.4 cm³/mol. The molecule has 0 aliphatic heterocycles. The van der Waals surface area contributed by atoms with Crippen molar-refractivity contribution in [3.63, 3.8) is 0 Å². The highest BCUT2D eigenvalue weighted by atomic mass is 79.9. The third-order valence-electron chi connectivity index (χ3n) is 2.16. The van der Waals surface area contributed by atoms with E-state index in [1.54, 1.807) is 0 Å². The van der Waals surface area contributed by atoms with Crippen molar-refractivity contribution in [1.29, 1.82) is 0 Å². The Hall–Kier alpha value is -1.01. The Morgan fingerprint density at radius 1 is 1.53 bits per heavy atom. The predicted octanol–water partition coefficient (Wildman–Crippen LogP) is 2.63. The fraction of sp³-hybridized carbons (Fsp3) is 0.364. The molecule has 0 amide bonds.